The summed E-state index contributed by atoms with van der Waals surface area (Å²) in [6, 6.07) is 8.47. The van der Waals surface area contributed by atoms with Crippen LogP contribution in [0, 0.1) is 6.92 Å². The topological polar surface area (TPSA) is 75.3 Å². The van der Waals surface area contributed by atoms with Gasteiger partial charge in [0.15, 0.2) is 0 Å². The number of ether oxygens (including phenoxy) is 1. The second-order valence-corrected chi connectivity index (χ2v) is 8.17. The molecule has 2 aromatic heterocycles. The van der Waals surface area contributed by atoms with Gasteiger partial charge in [-0.1, -0.05) is 31.2 Å². The molecule has 0 bridgehead atoms. The molecule has 1 atom stereocenters. The van der Waals surface area contributed by atoms with Crippen LogP contribution in [-0.4, -0.2) is 34.5 Å². The third kappa shape index (κ3) is 4.41. The molecule has 0 spiro atoms. The second-order valence-electron chi connectivity index (χ2n) is 7.17. The molecule has 7 heteroatoms. The minimum absolute atomic E-state index is 0.0913. The number of esters is 1. The predicted molar refractivity (Wildman–Crippen MR) is 117 cm³/mol. The lowest BCUT2D eigenvalue weighted by Crippen LogP contribution is -2.25. The van der Waals surface area contributed by atoms with E-state index >= 15 is 0 Å². The van der Waals surface area contributed by atoms with Crippen molar-refractivity contribution in [2.24, 2.45) is 0 Å². The highest BCUT2D eigenvalue weighted by molar-refractivity contribution is 7.20. The Kier molecular flexibility index (Phi) is 6.49. The standard InChI is InChI=1S/C22H27N3O3S/c1-6-15-8-10-16(11-9-15)12-25(5)14(4)19-23-20(26)17-13(3)18(22(27)28-7-2)29-21(17)24-19/h8-11,14H,6-7,12H2,1-5H3,(H,23,24,26)/t14-/m0/s1. The van der Waals surface area contributed by atoms with Crippen LogP contribution in [0.5, 0.6) is 0 Å². The number of nitrogens with one attached hydrogen (secondary N) is 1. The summed E-state index contributed by atoms with van der Waals surface area (Å²) in [5.41, 5.74) is 2.92. The van der Waals surface area contributed by atoms with Gasteiger partial charge in [-0.05, 0) is 50.9 Å². The first-order chi connectivity index (χ1) is 13.8. The zero-order valence-corrected chi connectivity index (χ0v) is 18.4. The van der Waals surface area contributed by atoms with Crippen LogP contribution in [0.4, 0.5) is 0 Å². The Bertz CT molecular complexity index is 1070. The van der Waals surface area contributed by atoms with Crippen molar-refractivity contribution in [1.29, 1.82) is 0 Å². The zero-order valence-electron chi connectivity index (χ0n) is 17.5. The molecule has 0 aliphatic carbocycles. The lowest BCUT2D eigenvalue weighted by molar-refractivity contribution is 0.0531. The number of fused-ring (bicyclic) bond motifs is 1. The van der Waals surface area contributed by atoms with Crippen molar-refractivity contribution in [2.75, 3.05) is 13.7 Å². The van der Waals surface area contributed by atoms with Gasteiger partial charge in [0.2, 0.25) is 0 Å². The van der Waals surface area contributed by atoms with Crippen LogP contribution in [0.2, 0.25) is 0 Å². The van der Waals surface area contributed by atoms with Gasteiger partial charge < -0.3 is 9.72 Å². The summed E-state index contributed by atoms with van der Waals surface area (Å²) in [5.74, 6) is 0.182. The molecule has 0 saturated heterocycles. The van der Waals surface area contributed by atoms with Crippen LogP contribution in [-0.2, 0) is 17.7 Å². The van der Waals surface area contributed by atoms with E-state index in [1.165, 1.54) is 22.5 Å². The van der Waals surface area contributed by atoms with Crippen LogP contribution in [0.25, 0.3) is 10.2 Å². The van der Waals surface area contributed by atoms with Crippen molar-refractivity contribution in [3.63, 3.8) is 0 Å². The summed E-state index contributed by atoms with van der Waals surface area (Å²) < 4.78 is 5.10. The van der Waals surface area contributed by atoms with Gasteiger partial charge >= 0.3 is 5.97 Å². The van der Waals surface area contributed by atoms with Crippen molar-refractivity contribution in [1.82, 2.24) is 14.9 Å². The Morgan fingerprint density at radius 3 is 2.52 bits per heavy atom. The van der Waals surface area contributed by atoms with E-state index in [0.717, 1.165) is 13.0 Å². The fourth-order valence-electron chi connectivity index (χ4n) is 3.26. The van der Waals surface area contributed by atoms with Gasteiger partial charge in [-0.25, -0.2) is 9.78 Å². The Hall–Kier alpha value is -2.51. The lowest BCUT2D eigenvalue weighted by atomic mass is 10.1. The van der Waals surface area contributed by atoms with E-state index in [0.29, 0.717) is 33.1 Å². The summed E-state index contributed by atoms with van der Waals surface area (Å²) in [6.07, 6.45) is 1.02. The number of hydrogen-bond donors (Lipinski definition) is 1. The van der Waals surface area contributed by atoms with E-state index in [4.69, 9.17) is 4.74 Å². The minimum Gasteiger partial charge on any atom is -0.462 e. The average molecular weight is 414 g/mol. The van der Waals surface area contributed by atoms with Gasteiger partial charge in [0.05, 0.1) is 18.0 Å². The molecule has 6 nitrogen and oxygen atoms in total. The summed E-state index contributed by atoms with van der Waals surface area (Å²) in [5, 5.41) is 0.465. The average Bonchev–Trinajstić information content (AvgIpc) is 3.05. The Balaban J connectivity index is 1.88. The smallest absolute Gasteiger partial charge is 0.348 e. The maximum atomic E-state index is 12.7. The van der Waals surface area contributed by atoms with E-state index in [1.807, 2.05) is 14.0 Å². The fourth-order valence-corrected chi connectivity index (χ4v) is 4.35. The Morgan fingerprint density at radius 2 is 1.90 bits per heavy atom. The molecule has 0 unspecified atom stereocenters. The first kappa shape index (κ1) is 21.2. The van der Waals surface area contributed by atoms with Crippen LogP contribution in [0.1, 0.15) is 59.0 Å². The number of aryl methyl sites for hydroxylation is 2. The highest BCUT2D eigenvalue weighted by Crippen LogP contribution is 2.29. The molecule has 0 aliphatic rings. The van der Waals surface area contributed by atoms with E-state index < -0.39 is 5.97 Å². The zero-order chi connectivity index (χ0) is 21.1. The van der Waals surface area contributed by atoms with Crippen LogP contribution in [0.15, 0.2) is 29.1 Å². The molecule has 0 amide bonds. The third-order valence-corrected chi connectivity index (χ3v) is 6.37. The third-order valence-electron chi connectivity index (χ3n) is 5.20. The predicted octanol–water partition coefficient (Wildman–Crippen LogP) is 4.23. The lowest BCUT2D eigenvalue weighted by Gasteiger charge is -2.24. The van der Waals surface area contributed by atoms with Gasteiger partial charge in [0.1, 0.15) is 15.5 Å². The molecular formula is C22H27N3O3S. The summed E-state index contributed by atoms with van der Waals surface area (Å²) in [6.45, 7) is 8.71. The van der Waals surface area contributed by atoms with Gasteiger partial charge in [-0.15, -0.1) is 11.3 Å². The monoisotopic (exact) mass is 413 g/mol. The van der Waals surface area contributed by atoms with Crippen molar-refractivity contribution in [2.45, 2.75) is 46.7 Å². The minimum atomic E-state index is -0.408. The van der Waals surface area contributed by atoms with Crippen LogP contribution in [0.3, 0.4) is 0 Å². The van der Waals surface area contributed by atoms with Crippen molar-refractivity contribution in [3.8, 4) is 0 Å². The molecule has 0 fully saturated rings. The molecule has 2 heterocycles. The summed E-state index contributed by atoms with van der Waals surface area (Å²) in [7, 11) is 2.01. The maximum Gasteiger partial charge on any atom is 0.348 e. The SMILES string of the molecule is CCOC(=O)c1sc2nc([C@H](C)N(C)Cc3ccc(CC)cc3)[nH]c(=O)c2c1C. The number of carbonyl (C=O) groups is 1. The molecule has 154 valence electrons. The highest BCUT2D eigenvalue weighted by Gasteiger charge is 2.22. The highest BCUT2D eigenvalue weighted by atomic mass is 32.1. The number of H-pyrrole nitrogens is 1. The van der Waals surface area contributed by atoms with Gasteiger partial charge in [-0.3, -0.25) is 9.69 Å². The van der Waals surface area contributed by atoms with Gasteiger partial charge in [0.25, 0.3) is 5.56 Å². The molecule has 0 aliphatic heterocycles. The van der Waals surface area contributed by atoms with Crippen molar-refractivity contribution < 1.29 is 9.53 Å². The number of rotatable bonds is 7. The van der Waals surface area contributed by atoms with E-state index in [2.05, 4.69) is 46.1 Å². The van der Waals surface area contributed by atoms with E-state index in [-0.39, 0.29) is 11.6 Å². The van der Waals surface area contributed by atoms with E-state index in [9.17, 15) is 9.59 Å². The first-order valence-electron chi connectivity index (χ1n) is 9.84. The van der Waals surface area contributed by atoms with Crippen LogP contribution >= 0.6 is 11.3 Å². The first-order valence-corrected chi connectivity index (χ1v) is 10.7. The fraction of sp³-hybridized carbons (Fsp3) is 0.409. The number of thiophene rings is 1. The Morgan fingerprint density at radius 1 is 1.24 bits per heavy atom. The van der Waals surface area contributed by atoms with Crippen LogP contribution < -0.4 is 5.56 Å². The molecule has 3 rings (SSSR count). The quantitative estimate of drug-likeness (QED) is 0.587. The van der Waals surface area contributed by atoms with Crippen molar-refractivity contribution >= 4 is 27.5 Å². The van der Waals surface area contributed by atoms with E-state index in [1.54, 1.807) is 13.8 Å². The molecule has 3 aromatic rings. The van der Waals surface area contributed by atoms with Gasteiger partial charge in [0, 0.05) is 6.54 Å². The number of hydrogen-bond acceptors (Lipinski definition) is 6. The molecule has 29 heavy (non-hydrogen) atoms. The number of aromatic amines is 1. The molecular weight excluding hydrogens is 386 g/mol. The molecule has 0 radical (unpaired) electrons. The number of benzene rings is 1. The summed E-state index contributed by atoms with van der Waals surface area (Å²) >= 11 is 1.21. The molecule has 0 saturated carbocycles. The second kappa shape index (κ2) is 8.88. The summed E-state index contributed by atoms with van der Waals surface area (Å²) in [4.78, 5) is 35.6. The molecule has 1 N–H and O–H groups in total. The number of carbonyl (C=O) groups excluding carboxylic acids is 1. The van der Waals surface area contributed by atoms with Crippen molar-refractivity contribution in [3.05, 3.63) is 62.0 Å². The largest absolute Gasteiger partial charge is 0.462 e. The number of aromatic nitrogens is 2. The Labute approximate surface area is 174 Å². The molecule has 1 aromatic carbocycles. The maximum absolute atomic E-state index is 12.7. The number of nitrogens with zero attached hydrogens (tertiary/aromatic N) is 2. The van der Waals surface area contributed by atoms with Gasteiger partial charge in [-0.2, -0.15) is 0 Å². The normalized spacial score (nSPS) is 12.5.